The van der Waals surface area contributed by atoms with Crippen LogP contribution in [0.4, 0.5) is 0 Å². The van der Waals surface area contributed by atoms with E-state index in [9.17, 15) is 0 Å². The molecule has 3 unspecified atom stereocenters. The summed E-state index contributed by atoms with van der Waals surface area (Å²) in [5.41, 5.74) is 4.11. The number of hydrogen-bond acceptors (Lipinski definition) is 4. The molecule has 1 aliphatic heterocycles. The fraction of sp³-hybridized carbons (Fsp3) is 0.455. The quantitative estimate of drug-likeness (QED) is 0.273. The Balaban J connectivity index is 2.19. The molecule has 216 valence electrons. The molecular weight excluding hydrogens is 541 g/mol. The lowest BCUT2D eigenvalue weighted by Crippen LogP contribution is -2.76. The maximum atomic E-state index is 8.06. The van der Waals surface area contributed by atoms with Crippen molar-refractivity contribution in [3.8, 4) is 5.75 Å². The number of likely N-dealkylation sites (N-methyl/N-ethyl adjacent to an activating group) is 1. The molecule has 0 aliphatic carbocycles. The van der Waals surface area contributed by atoms with Gasteiger partial charge in [-0.15, -0.1) is 0 Å². The smallest absolute Gasteiger partial charge is 0.255 e. The lowest BCUT2D eigenvalue weighted by molar-refractivity contribution is 0.0854. The van der Waals surface area contributed by atoms with Crippen molar-refractivity contribution in [2.75, 3.05) is 35.3 Å². The van der Waals surface area contributed by atoms with Crippen LogP contribution in [0.1, 0.15) is 28.8 Å². The van der Waals surface area contributed by atoms with Crippen molar-refractivity contribution in [3.05, 3.63) is 89.5 Å². The number of benzene rings is 3. The molecule has 7 heteroatoms. The number of methoxy groups -OCH3 is 1. The Morgan fingerprint density at radius 2 is 1.40 bits per heavy atom. The Bertz CT molecular complexity index is 1270. The van der Waals surface area contributed by atoms with Crippen LogP contribution in [0.2, 0.25) is 44.1 Å². The summed E-state index contributed by atoms with van der Waals surface area (Å²) in [6.07, 6.45) is -0.0786. The van der Waals surface area contributed by atoms with Crippen LogP contribution in [0, 0.1) is 0 Å². The summed E-state index contributed by atoms with van der Waals surface area (Å²) in [5, 5.41) is 2.96. The maximum Gasteiger partial charge on any atom is 0.255 e. The first kappa shape index (κ1) is 30.9. The average Bonchev–Trinajstić information content (AvgIpc) is 2.86. The van der Waals surface area contributed by atoms with E-state index >= 15 is 0 Å². The molecule has 0 bridgehead atoms. The first-order valence-corrected chi connectivity index (χ1v) is 23.7. The minimum atomic E-state index is -2.81. The highest BCUT2D eigenvalue weighted by Gasteiger charge is 2.62. The van der Waals surface area contributed by atoms with E-state index in [-0.39, 0.29) is 12.1 Å². The maximum absolute atomic E-state index is 8.06. The van der Waals surface area contributed by atoms with Crippen LogP contribution in [-0.4, -0.2) is 69.6 Å². The fourth-order valence-corrected chi connectivity index (χ4v) is 34.0. The van der Waals surface area contributed by atoms with Gasteiger partial charge in [0.1, 0.15) is 5.75 Å². The first-order chi connectivity index (χ1) is 18.7. The van der Waals surface area contributed by atoms with Crippen molar-refractivity contribution in [3.63, 3.8) is 0 Å². The van der Waals surface area contributed by atoms with E-state index < -0.39 is 24.5 Å². The van der Waals surface area contributed by atoms with E-state index in [1.54, 1.807) is 7.11 Å². The van der Waals surface area contributed by atoms with Crippen molar-refractivity contribution in [2.24, 2.45) is 0 Å². The highest BCUT2D eigenvalue weighted by molar-refractivity contribution is 7.19. The lowest BCUT2D eigenvalue weighted by atomic mass is 9.93. The highest BCUT2D eigenvalue weighted by Crippen LogP contribution is 2.50. The highest BCUT2D eigenvalue weighted by atomic mass is 28.5. The molecule has 3 atom stereocenters. The van der Waals surface area contributed by atoms with Crippen molar-refractivity contribution in [1.29, 1.82) is 0 Å². The zero-order chi connectivity index (χ0) is 29.5. The lowest BCUT2D eigenvalue weighted by Gasteiger charge is -2.56. The molecular formula is C33H50N2O2Si3. The predicted octanol–water partition coefficient (Wildman–Crippen LogP) is 6.32. The molecule has 3 aromatic rings. The monoisotopic (exact) mass is 590 g/mol. The van der Waals surface area contributed by atoms with Crippen molar-refractivity contribution >= 4 is 34.8 Å². The fourth-order valence-electron chi connectivity index (χ4n) is 7.67. The van der Waals surface area contributed by atoms with Gasteiger partial charge in [-0.3, -0.25) is 4.90 Å². The number of ether oxygens (including phenoxy) is 1. The van der Waals surface area contributed by atoms with Crippen LogP contribution in [0.15, 0.2) is 72.8 Å². The van der Waals surface area contributed by atoms with Crippen LogP contribution >= 0.6 is 0 Å². The topological polar surface area (TPSA) is 24.9 Å². The predicted molar refractivity (Wildman–Crippen MR) is 179 cm³/mol. The molecule has 0 aromatic heterocycles. The zero-order valence-electron chi connectivity index (χ0n) is 26.6. The Hall–Kier alpha value is -2.01. The molecule has 0 N–H and O–H groups in total. The van der Waals surface area contributed by atoms with E-state index in [0.717, 1.165) is 12.3 Å². The van der Waals surface area contributed by atoms with Crippen LogP contribution in [-0.2, 0) is 11.0 Å². The molecule has 4 nitrogen and oxygen atoms in total. The Morgan fingerprint density at radius 3 is 1.90 bits per heavy atom. The third-order valence-electron chi connectivity index (χ3n) is 8.30. The van der Waals surface area contributed by atoms with E-state index in [0.29, 0.717) is 4.79 Å². The van der Waals surface area contributed by atoms with Crippen molar-refractivity contribution in [2.45, 2.75) is 62.8 Å². The number of rotatable bonds is 9. The third-order valence-corrected chi connectivity index (χ3v) is 28.6. The second kappa shape index (κ2) is 11.7. The average molecular weight is 591 g/mol. The molecule has 0 spiro atoms. The van der Waals surface area contributed by atoms with Crippen LogP contribution in [0.25, 0.3) is 0 Å². The summed E-state index contributed by atoms with van der Waals surface area (Å²) in [7, 11) is 4.24. The van der Waals surface area contributed by atoms with Crippen molar-refractivity contribution in [1.82, 2.24) is 9.80 Å². The van der Waals surface area contributed by atoms with Gasteiger partial charge in [-0.2, -0.15) is 0 Å². The second-order valence-corrected chi connectivity index (χ2v) is 29.8. The SMILES string of the molecule is COc1ccc(C2O[Si](c3ccccc3)(C([Si](C)(C)C)[Si](C)(C)C)c3c(CN(C)C)cccc3C2N(C)C)cc1. The molecule has 0 amide bonds. The molecule has 1 heterocycles. The Morgan fingerprint density at radius 1 is 0.800 bits per heavy atom. The van der Waals surface area contributed by atoms with Gasteiger partial charge in [0.15, 0.2) is 0 Å². The normalized spacial score (nSPS) is 21.6. The van der Waals surface area contributed by atoms with E-state index in [1.165, 1.54) is 27.1 Å². The van der Waals surface area contributed by atoms with Gasteiger partial charge in [-0.1, -0.05) is 99.9 Å². The minimum absolute atomic E-state index is 0.0786. The van der Waals surface area contributed by atoms with Gasteiger partial charge in [0.2, 0.25) is 0 Å². The molecule has 0 fully saturated rings. The van der Waals surface area contributed by atoms with Gasteiger partial charge in [0.25, 0.3) is 8.32 Å². The summed E-state index contributed by atoms with van der Waals surface area (Å²) in [5.74, 6) is 0.878. The molecule has 3 aromatic carbocycles. The minimum Gasteiger partial charge on any atom is -0.497 e. The Kier molecular flexibility index (Phi) is 9.05. The van der Waals surface area contributed by atoms with Gasteiger partial charge in [0, 0.05) is 22.7 Å². The summed E-state index contributed by atoms with van der Waals surface area (Å²) in [4.78, 5) is 5.26. The molecule has 4 rings (SSSR count). The van der Waals surface area contributed by atoms with Gasteiger partial charge in [-0.25, -0.2) is 0 Å². The molecule has 0 saturated carbocycles. The third kappa shape index (κ3) is 5.82. The van der Waals surface area contributed by atoms with Crippen LogP contribution in [0.5, 0.6) is 5.75 Å². The largest absolute Gasteiger partial charge is 0.497 e. The number of fused-ring (bicyclic) bond motifs is 1. The van der Waals surface area contributed by atoms with Gasteiger partial charge in [0.05, 0.1) is 19.3 Å². The van der Waals surface area contributed by atoms with Crippen LogP contribution < -0.4 is 15.1 Å². The summed E-state index contributed by atoms with van der Waals surface area (Å²) >= 11 is 0. The van der Waals surface area contributed by atoms with Crippen LogP contribution in [0.3, 0.4) is 0 Å². The Labute approximate surface area is 246 Å². The van der Waals surface area contributed by atoms with Gasteiger partial charge in [-0.05, 0) is 72.2 Å². The zero-order valence-corrected chi connectivity index (χ0v) is 29.6. The number of hydrogen-bond donors (Lipinski definition) is 0. The van der Waals surface area contributed by atoms with Gasteiger partial charge < -0.3 is 14.1 Å². The van der Waals surface area contributed by atoms with Crippen molar-refractivity contribution < 1.29 is 9.16 Å². The molecule has 0 saturated heterocycles. The standard InChI is InChI=1S/C33H50N2O2Si3/c1-34(2)24-26-16-15-19-29-30(35(3)4)31(25-20-22-27(36-5)23-21-25)37-40(32(26)29,28-17-13-12-14-18-28)33(38(6,7)8)39(9,10)11/h12-23,30-31,33H,24H2,1-11H3. The van der Waals surface area contributed by atoms with E-state index in [1.807, 2.05) is 0 Å². The summed E-state index contributed by atoms with van der Waals surface area (Å²) in [6, 6.07) is 27.2. The summed E-state index contributed by atoms with van der Waals surface area (Å²) < 4.78 is 13.6. The molecule has 0 radical (unpaired) electrons. The van der Waals surface area contributed by atoms with E-state index in [4.69, 9.17) is 9.16 Å². The van der Waals surface area contributed by atoms with Gasteiger partial charge >= 0.3 is 0 Å². The first-order valence-electron chi connectivity index (χ1n) is 14.5. The number of nitrogens with zero attached hydrogens (tertiary/aromatic N) is 2. The second-order valence-electron chi connectivity index (χ2n) is 14.1. The molecule has 40 heavy (non-hydrogen) atoms. The molecule has 1 aliphatic rings. The van der Waals surface area contributed by atoms with E-state index in [2.05, 4.69) is 150 Å². The summed E-state index contributed by atoms with van der Waals surface area (Å²) in [6.45, 7) is 16.4.